The molecule has 0 amide bonds. The van der Waals surface area contributed by atoms with E-state index >= 15 is 0 Å². The Labute approximate surface area is 92.3 Å². The van der Waals surface area contributed by atoms with Gasteiger partial charge in [-0.1, -0.05) is 38.5 Å². The summed E-state index contributed by atoms with van der Waals surface area (Å²) in [6, 6.07) is 7.91. The molecule has 0 aliphatic rings. The van der Waals surface area contributed by atoms with E-state index in [2.05, 4.69) is 19.2 Å². The van der Waals surface area contributed by atoms with E-state index in [9.17, 15) is 0 Å². The van der Waals surface area contributed by atoms with Gasteiger partial charge in [0.1, 0.15) is 0 Å². The number of aliphatic hydroxyl groups is 1. The minimum Gasteiger partial charge on any atom is -0.392 e. The lowest BCUT2D eigenvalue weighted by molar-refractivity contribution is 0.282. The number of rotatable bonds is 6. The standard InChI is InChI=1S/C13H21NO/c1-3-6-11(2)9-14-13-8-5-4-7-12(13)10-15/h4-5,7-8,11,14-15H,3,6,9-10H2,1-2H3. The summed E-state index contributed by atoms with van der Waals surface area (Å²) in [5.74, 6) is 0.682. The van der Waals surface area contributed by atoms with Crippen LogP contribution in [0.4, 0.5) is 5.69 Å². The molecule has 0 aliphatic heterocycles. The van der Waals surface area contributed by atoms with Crippen LogP contribution in [-0.4, -0.2) is 11.7 Å². The highest BCUT2D eigenvalue weighted by Crippen LogP contribution is 2.16. The topological polar surface area (TPSA) is 32.3 Å². The average Bonchev–Trinajstić information content (AvgIpc) is 2.27. The molecule has 0 saturated heterocycles. The first-order chi connectivity index (χ1) is 7.27. The second-order valence-electron chi connectivity index (χ2n) is 4.09. The first kappa shape index (κ1) is 12.1. The van der Waals surface area contributed by atoms with Crippen molar-refractivity contribution in [3.8, 4) is 0 Å². The van der Waals surface area contributed by atoms with Crippen LogP contribution >= 0.6 is 0 Å². The molecule has 0 fully saturated rings. The minimum absolute atomic E-state index is 0.103. The van der Waals surface area contributed by atoms with Crippen LogP contribution in [0.1, 0.15) is 32.3 Å². The van der Waals surface area contributed by atoms with Crippen molar-refractivity contribution < 1.29 is 5.11 Å². The summed E-state index contributed by atoms with van der Waals surface area (Å²) in [6.45, 7) is 5.53. The first-order valence-corrected chi connectivity index (χ1v) is 5.70. The van der Waals surface area contributed by atoms with Gasteiger partial charge in [0.25, 0.3) is 0 Å². The molecule has 1 aromatic carbocycles. The Morgan fingerprint density at radius 1 is 1.33 bits per heavy atom. The van der Waals surface area contributed by atoms with Crippen molar-refractivity contribution in [1.82, 2.24) is 0 Å². The number of benzene rings is 1. The molecule has 15 heavy (non-hydrogen) atoms. The Morgan fingerprint density at radius 3 is 2.73 bits per heavy atom. The van der Waals surface area contributed by atoms with Crippen LogP contribution in [-0.2, 0) is 6.61 Å². The Bertz CT molecular complexity index is 286. The van der Waals surface area contributed by atoms with E-state index in [4.69, 9.17) is 5.11 Å². The van der Waals surface area contributed by atoms with E-state index < -0.39 is 0 Å². The van der Waals surface area contributed by atoms with Gasteiger partial charge in [-0.25, -0.2) is 0 Å². The van der Waals surface area contributed by atoms with Gasteiger partial charge in [-0.15, -0.1) is 0 Å². The number of anilines is 1. The Kier molecular flexibility index (Phi) is 5.19. The molecule has 0 radical (unpaired) electrons. The Balaban J connectivity index is 2.49. The van der Waals surface area contributed by atoms with E-state index in [1.54, 1.807) is 0 Å². The summed E-state index contributed by atoms with van der Waals surface area (Å²) in [5.41, 5.74) is 2.03. The average molecular weight is 207 g/mol. The zero-order valence-electron chi connectivity index (χ0n) is 9.66. The molecule has 84 valence electrons. The summed E-state index contributed by atoms with van der Waals surface area (Å²) in [4.78, 5) is 0. The molecule has 0 bridgehead atoms. The fraction of sp³-hybridized carbons (Fsp3) is 0.538. The number of hydrogen-bond donors (Lipinski definition) is 2. The minimum atomic E-state index is 0.103. The number of nitrogens with one attached hydrogen (secondary N) is 1. The first-order valence-electron chi connectivity index (χ1n) is 5.70. The van der Waals surface area contributed by atoms with Gasteiger partial charge in [-0.3, -0.25) is 0 Å². The molecular weight excluding hydrogens is 186 g/mol. The maximum absolute atomic E-state index is 9.15. The molecule has 2 N–H and O–H groups in total. The summed E-state index contributed by atoms with van der Waals surface area (Å²) in [7, 11) is 0. The second kappa shape index (κ2) is 6.46. The quantitative estimate of drug-likeness (QED) is 0.751. The van der Waals surface area contributed by atoms with E-state index in [1.807, 2.05) is 24.3 Å². The summed E-state index contributed by atoms with van der Waals surface area (Å²) in [5, 5.41) is 12.5. The summed E-state index contributed by atoms with van der Waals surface area (Å²) >= 11 is 0. The van der Waals surface area contributed by atoms with Crippen molar-refractivity contribution in [1.29, 1.82) is 0 Å². The molecule has 0 spiro atoms. The third kappa shape index (κ3) is 3.92. The van der Waals surface area contributed by atoms with Gasteiger partial charge >= 0.3 is 0 Å². The predicted octanol–water partition coefficient (Wildman–Crippen LogP) is 3.03. The van der Waals surface area contributed by atoms with Crippen LogP contribution in [0, 0.1) is 5.92 Å². The zero-order chi connectivity index (χ0) is 11.1. The second-order valence-corrected chi connectivity index (χ2v) is 4.09. The van der Waals surface area contributed by atoms with Crippen LogP contribution in [0.5, 0.6) is 0 Å². The molecule has 0 aromatic heterocycles. The lowest BCUT2D eigenvalue weighted by atomic mass is 10.1. The van der Waals surface area contributed by atoms with Crippen molar-refractivity contribution >= 4 is 5.69 Å². The van der Waals surface area contributed by atoms with E-state index in [0.29, 0.717) is 5.92 Å². The molecule has 0 saturated carbocycles. The van der Waals surface area contributed by atoms with Gasteiger partial charge in [0.15, 0.2) is 0 Å². The smallest absolute Gasteiger partial charge is 0.0701 e. The highest BCUT2D eigenvalue weighted by molar-refractivity contribution is 5.50. The van der Waals surface area contributed by atoms with E-state index in [-0.39, 0.29) is 6.61 Å². The van der Waals surface area contributed by atoms with Crippen molar-refractivity contribution in [3.63, 3.8) is 0 Å². The predicted molar refractivity (Wildman–Crippen MR) is 64.9 cm³/mol. The van der Waals surface area contributed by atoms with Crippen LogP contribution in [0.25, 0.3) is 0 Å². The van der Waals surface area contributed by atoms with Crippen LogP contribution < -0.4 is 5.32 Å². The Hall–Kier alpha value is -1.02. The van der Waals surface area contributed by atoms with Crippen molar-refractivity contribution in [2.75, 3.05) is 11.9 Å². The summed E-state index contributed by atoms with van der Waals surface area (Å²) < 4.78 is 0. The molecule has 1 rings (SSSR count). The molecule has 1 unspecified atom stereocenters. The molecule has 0 heterocycles. The maximum Gasteiger partial charge on any atom is 0.0701 e. The Morgan fingerprint density at radius 2 is 2.07 bits per heavy atom. The third-order valence-electron chi connectivity index (χ3n) is 2.61. The highest BCUT2D eigenvalue weighted by Gasteiger charge is 2.03. The lowest BCUT2D eigenvalue weighted by Gasteiger charge is -2.14. The maximum atomic E-state index is 9.15. The number of hydrogen-bond acceptors (Lipinski definition) is 2. The highest BCUT2D eigenvalue weighted by atomic mass is 16.3. The SMILES string of the molecule is CCCC(C)CNc1ccccc1CO. The number of aliphatic hydroxyl groups excluding tert-OH is 1. The lowest BCUT2D eigenvalue weighted by Crippen LogP contribution is -2.12. The summed E-state index contributed by atoms with van der Waals surface area (Å²) in [6.07, 6.45) is 2.47. The van der Waals surface area contributed by atoms with Gasteiger partial charge in [-0.05, 0) is 18.4 Å². The molecule has 1 aromatic rings. The van der Waals surface area contributed by atoms with Crippen molar-refractivity contribution in [3.05, 3.63) is 29.8 Å². The van der Waals surface area contributed by atoms with E-state index in [0.717, 1.165) is 17.8 Å². The van der Waals surface area contributed by atoms with Gasteiger partial charge in [0, 0.05) is 17.8 Å². The van der Waals surface area contributed by atoms with Gasteiger partial charge < -0.3 is 10.4 Å². The van der Waals surface area contributed by atoms with Gasteiger partial charge in [0.05, 0.1) is 6.61 Å². The normalized spacial score (nSPS) is 12.5. The van der Waals surface area contributed by atoms with Crippen LogP contribution in [0.3, 0.4) is 0 Å². The molecule has 0 aliphatic carbocycles. The van der Waals surface area contributed by atoms with Crippen LogP contribution in [0.15, 0.2) is 24.3 Å². The van der Waals surface area contributed by atoms with Crippen molar-refractivity contribution in [2.24, 2.45) is 5.92 Å². The largest absolute Gasteiger partial charge is 0.392 e. The molecular formula is C13H21NO. The third-order valence-corrected chi connectivity index (χ3v) is 2.61. The monoisotopic (exact) mass is 207 g/mol. The van der Waals surface area contributed by atoms with Crippen LogP contribution in [0.2, 0.25) is 0 Å². The van der Waals surface area contributed by atoms with Gasteiger partial charge in [0.2, 0.25) is 0 Å². The zero-order valence-corrected chi connectivity index (χ0v) is 9.66. The molecule has 2 nitrogen and oxygen atoms in total. The van der Waals surface area contributed by atoms with E-state index in [1.165, 1.54) is 12.8 Å². The fourth-order valence-corrected chi connectivity index (χ4v) is 1.71. The molecule has 1 atom stereocenters. The number of para-hydroxylation sites is 1. The fourth-order valence-electron chi connectivity index (χ4n) is 1.71. The van der Waals surface area contributed by atoms with Crippen molar-refractivity contribution in [2.45, 2.75) is 33.3 Å². The molecule has 2 heteroatoms. The van der Waals surface area contributed by atoms with Gasteiger partial charge in [-0.2, -0.15) is 0 Å².